The number of fused-ring (bicyclic) bond motifs is 5. The predicted octanol–water partition coefficient (Wildman–Crippen LogP) is 2.77. The highest BCUT2D eigenvalue weighted by Crippen LogP contribution is 2.44. The van der Waals surface area contributed by atoms with E-state index < -0.39 is 0 Å². The molecular weight excluding hydrogens is 300 g/mol. The highest BCUT2D eigenvalue weighted by molar-refractivity contribution is 5.75. The number of aromatic nitrogens is 4. The van der Waals surface area contributed by atoms with Crippen LogP contribution in [0.25, 0.3) is 16.9 Å². The number of hydrogen-bond acceptors (Lipinski definition) is 3. The highest BCUT2D eigenvalue weighted by Gasteiger charge is 2.32. The van der Waals surface area contributed by atoms with Gasteiger partial charge in [-0.05, 0) is 17.7 Å². The van der Waals surface area contributed by atoms with Gasteiger partial charge < -0.3 is 4.98 Å². The molecule has 0 aliphatic heterocycles. The second kappa shape index (κ2) is 4.89. The van der Waals surface area contributed by atoms with Crippen LogP contribution in [0.15, 0.2) is 65.8 Å². The number of H-pyrrole nitrogens is 1. The van der Waals surface area contributed by atoms with Crippen molar-refractivity contribution in [1.82, 2.24) is 19.4 Å². The minimum Gasteiger partial charge on any atom is -0.317 e. The lowest BCUT2D eigenvalue weighted by molar-refractivity contribution is 0.758. The van der Waals surface area contributed by atoms with E-state index in [2.05, 4.69) is 27.1 Å². The quantitative estimate of drug-likeness (QED) is 0.619. The summed E-state index contributed by atoms with van der Waals surface area (Å²) < 4.78 is 1.92. The first-order valence-corrected chi connectivity index (χ1v) is 7.91. The zero-order valence-electron chi connectivity index (χ0n) is 12.8. The van der Waals surface area contributed by atoms with Crippen LogP contribution in [-0.4, -0.2) is 19.4 Å². The molecule has 24 heavy (non-hydrogen) atoms. The molecule has 1 aliphatic carbocycles. The number of imidazole rings is 1. The van der Waals surface area contributed by atoms with Crippen LogP contribution in [0.4, 0.5) is 0 Å². The van der Waals surface area contributed by atoms with Crippen molar-refractivity contribution in [2.45, 2.75) is 12.3 Å². The number of nitrogens with one attached hydrogen (secondary N) is 1. The van der Waals surface area contributed by atoms with Crippen LogP contribution in [0.1, 0.15) is 22.9 Å². The fraction of sp³-hybridized carbons (Fsp3) is 0.105. The van der Waals surface area contributed by atoms with Crippen molar-refractivity contribution in [3.8, 4) is 11.3 Å². The fourth-order valence-electron chi connectivity index (χ4n) is 3.68. The number of pyridine rings is 1. The molecule has 1 atom stereocenters. The molecule has 0 bridgehead atoms. The van der Waals surface area contributed by atoms with Crippen molar-refractivity contribution in [2.24, 2.45) is 0 Å². The monoisotopic (exact) mass is 314 g/mol. The van der Waals surface area contributed by atoms with Crippen molar-refractivity contribution >= 4 is 5.65 Å². The number of rotatable bonds is 2. The molecule has 1 aliphatic rings. The van der Waals surface area contributed by atoms with E-state index in [1.165, 1.54) is 5.56 Å². The summed E-state index contributed by atoms with van der Waals surface area (Å²) in [6, 6.07) is 14.2. The molecule has 0 spiro atoms. The lowest BCUT2D eigenvalue weighted by Crippen LogP contribution is -2.15. The van der Waals surface area contributed by atoms with Gasteiger partial charge in [-0.1, -0.05) is 30.3 Å². The SMILES string of the molecule is O=c1[nH]c2c(n3ccnc13)C(Cc1ccccn1)c1ccccc1-2. The van der Waals surface area contributed by atoms with Gasteiger partial charge in [0.1, 0.15) is 0 Å². The Morgan fingerprint density at radius 1 is 1.04 bits per heavy atom. The molecule has 3 aromatic heterocycles. The van der Waals surface area contributed by atoms with Crippen molar-refractivity contribution in [3.05, 3.63) is 88.4 Å². The number of benzene rings is 1. The molecule has 0 radical (unpaired) electrons. The van der Waals surface area contributed by atoms with Crippen LogP contribution in [0, 0.1) is 0 Å². The molecule has 116 valence electrons. The van der Waals surface area contributed by atoms with E-state index in [0.717, 1.165) is 29.1 Å². The third kappa shape index (κ3) is 1.78. The Bertz CT molecular complexity index is 1110. The maximum absolute atomic E-state index is 12.3. The Hall–Kier alpha value is -3.21. The molecule has 5 nitrogen and oxygen atoms in total. The molecule has 4 aromatic rings. The number of aromatic amines is 1. The molecule has 0 fully saturated rings. The van der Waals surface area contributed by atoms with Crippen molar-refractivity contribution < 1.29 is 0 Å². The van der Waals surface area contributed by atoms with Crippen LogP contribution >= 0.6 is 0 Å². The molecule has 0 saturated heterocycles. The van der Waals surface area contributed by atoms with E-state index in [9.17, 15) is 4.79 Å². The predicted molar refractivity (Wildman–Crippen MR) is 91.0 cm³/mol. The Morgan fingerprint density at radius 2 is 1.92 bits per heavy atom. The van der Waals surface area contributed by atoms with Crippen molar-refractivity contribution in [1.29, 1.82) is 0 Å². The van der Waals surface area contributed by atoms with Crippen molar-refractivity contribution in [3.63, 3.8) is 0 Å². The standard InChI is InChI=1S/C19H14N4O/c24-19-18-21-9-10-23(18)17-15(11-12-5-3-4-8-20-12)13-6-1-2-7-14(13)16(17)22-19/h1-10,15H,11H2,(H,22,24). The molecule has 1 N–H and O–H groups in total. The van der Waals surface area contributed by atoms with Gasteiger partial charge in [-0.15, -0.1) is 0 Å². The average Bonchev–Trinajstić information content (AvgIpc) is 3.21. The molecule has 0 amide bonds. The molecule has 5 heteroatoms. The molecule has 1 unspecified atom stereocenters. The summed E-state index contributed by atoms with van der Waals surface area (Å²) >= 11 is 0. The van der Waals surface area contributed by atoms with Crippen LogP contribution in [0.5, 0.6) is 0 Å². The third-order valence-corrected chi connectivity index (χ3v) is 4.67. The number of nitrogens with zero attached hydrogens (tertiary/aromatic N) is 3. The average molecular weight is 314 g/mol. The van der Waals surface area contributed by atoms with Crippen LogP contribution in [-0.2, 0) is 6.42 Å². The Kier molecular flexibility index (Phi) is 2.70. The van der Waals surface area contributed by atoms with Gasteiger partial charge in [-0.3, -0.25) is 14.2 Å². The van der Waals surface area contributed by atoms with Gasteiger partial charge in [0.2, 0.25) is 5.65 Å². The first-order valence-electron chi connectivity index (χ1n) is 7.91. The maximum atomic E-state index is 12.3. The van der Waals surface area contributed by atoms with Gasteiger partial charge in [0.25, 0.3) is 5.56 Å². The van der Waals surface area contributed by atoms with Gasteiger partial charge in [0.15, 0.2) is 0 Å². The molecule has 5 rings (SSSR count). The largest absolute Gasteiger partial charge is 0.317 e. The first-order chi connectivity index (χ1) is 11.8. The summed E-state index contributed by atoms with van der Waals surface area (Å²) in [4.78, 5) is 24.0. The van der Waals surface area contributed by atoms with E-state index in [1.807, 2.05) is 47.1 Å². The summed E-state index contributed by atoms with van der Waals surface area (Å²) in [5.41, 5.74) is 5.58. The molecular formula is C19H14N4O. The summed E-state index contributed by atoms with van der Waals surface area (Å²) in [5, 5.41) is 0. The second-order valence-electron chi connectivity index (χ2n) is 6.00. The van der Waals surface area contributed by atoms with Crippen LogP contribution < -0.4 is 5.56 Å². The van der Waals surface area contributed by atoms with E-state index in [4.69, 9.17) is 0 Å². The number of hydrogen-bond donors (Lipinski definition) is 1. The normalized spacial score (nSPS) is 15.4. The Labute approximate surface area is 137 Å². The van der Waals surface area contributed by atoms with E-state index >= 15 is 0 Å². The van der Waals surface area contributed by atoms with E-state index in [1.54, 1.807) is 6.20 Å². The lowest BCUT2D eigenvalue weighted by atomic mass is 9.94. The second-order valence-corrected chi connectivity index (χ2v) is 6.00. The first kappa shape index (κ1) is 13.2. The zero-order chi connectivity index (χ0) is 16.1. The van der Waals surface area contributed by atoms with Crippen LogP contribution in [0.3, 0.4) is 0 Å². The van der Waals surface area contributed by atoms with Gasteiger partial charge in [0.05, 0.1) is 11.4 Å². The fourth-order valence-corrected chi connectivity index (χ4v) is 3.68. The van der Waals surface area contributed by atoms with Crippen LogP contribution in [0.2, 0.25) is 0 Å². The Balaban J connectivity index is 1.79. The summed E-state index contributed by atoms with van der Waals surface area (Å²) in [7, 11) is 0. The smallest absolute Gasteiger partial charge is 0.292 e. The van der Waals surface area contributed by atoms with Gasteiger partial charge >= 0.3 is 0 Å². The van der Waals surface area contributed by atoms with Crippen molar-refractivity contribution in [2.75, 3.05) is 0 Å². The van der Waals surface area contributed by atoms with Gasteiger partial charge in [0, 0.05) is 42.2 Å². The highest BCUT2D eigenvalue weighted by atomic mass is 16.1. The molecule has 3 heterocycles. The summed E-state index contributed by atoms with van der Waals surface area (Å²) in [6.45, 7) is 0. The minimum atomic E-state index is -0.160. The lowest BCUT2D eigenvalue weighted by Gasteiger charge is -2.14. The topological polar surface area (TPSA) is 63.0 Å². The Morgan fingerprint density at radius 3 is 2.79 bits per heavy atom. The zero-order valence-corrected chi connectivity index (χ0v) is 12.8. The maximum Gasteiger partial charge on any atom is 0.292 e. The van der Waals surface area contributed by atoms with E-state index in [-0.39, 0.29) is 11.5 Å². The summed E-state index contributed by atoms with van der Waals surface area (Å²) in [5.74, 6) is 0.139. The minimum absolute atomic E-state index is 0.139. The third-order valence-electron chi connectivity index (χ3n) is 4.67. The van der Waals surface area contributed by atoms with E-state index in [0.29, 0.717) is 5.65 Å². The summed E-state index contributed by atoms with van der Waals surface area (Å²) in [6.07, 6.45) is 6.13. The van der Waals surface area contributed by atoms with Gasteiger partial charge in [-0.2, -0.15) is 0 Å². The molecule has 0 saturated carbocycles. The van der Waals surface area contributed by atoms with Gasteiger partial charge in [-0.25, -0.2) is 4.98 Å². The molecule has 1 aromatic carbocycles.